The van der Waals surface area contributed by atoms with Crippen LogP contribution in [0.25, 0.3) is 10.9 Å². The number of fused-ring (bicyclic) bond motifs is 1. The van der Waals surface area contributed by atoms with Gasteiger partial charge in [-0.05, 0) is 44.2 Å². The topological polar surface area (TPSA) is 84.2 Å². The molecule has 0 radical (unpaired) electrons. The van der Waals surface area contributed by atoms with Crippen LogP contribution in [0, 0.1) is 0 Å². The molecule has 0 unspecified atom stereocenters. The van der Waals surface area contributed by atoms with Crippen LogP contribution < -0.4 is 10.9 Å². The summed E-state index contributed by atoms with van der Waals surface area (Å²) in [6.45, 7) is 3.30. The molecule has 0 saturated heterocycles. The third-order valence-electron chi connectivity index (χ3n) is 4.19. The summed E-state index contributed by atoms with van der Waals surface area (Å²) in [5.41, 5.74) is 0.495. The zero-order valence-corrected chi connectivity index (χ0v) is 19.1. The van der Waals surface area contributed by atoms with E-state index in [1.54, 1.807) is 50.2 Å². The molecule has 0 spiro atoms. The summed E-state index contributed by atoms with van der Waals surface area (Å²) in [6.07, 6.45) is -0.775. The van der Waals surface area contributed by atoms with E-state index in [-0.39, 0.29) is 23.0 Å². The smallest absolute Gasteiger partial charge is 0.262 e. The number of hydrogen-bond donors (Lipinski definition) is 2. The second kappa shape index (κ2) is 9.58. The fraction of sp³-hybridized carbons (Fsp3) is 0.250. The van der Waals surface area contributed by atoms with Gasteiger partial charge in [-0.25, -0.2) is 4.98 Å². The Hall–Kier alpha value is -1.77. The van der Waals surface area contributed by atoms with Gasteiger partial charge in [0.05, 0.1) is 44.5 Å². The van der Waals surface area contributed by atoms with Gasteiger partial charge in [0.1, 0.15) is 0 Å². The van der Waals surface area contributed by atoms with Crippen LogP contribution >= 0.6 is 46.6 Å². The molecule has 3 aromatic rings. The van der Waals surface area contributed by atoms with Crippen LogP contribution in [0.15, 0.2) is 46.3 Å². The summed E-state index contributed by atoms with van der Waals surface area (Å²) in [5.74, 6) is -0.340. The molecule has 0 bridgehead atoms. The monoisotopic (exact) mass is 485 g/mol. The van der Waals surface area contributed by atoms with E-state index in [4.69, 9.17) is 34.8 Å². The quantitative estimate of drug-likeness (QED) is 0.384. The number of thioether (sulfide) groups is 1. The first-order chi connectivity index (χ1) is 14.2. The van der Waals surface area contributed by atoms with Crippen LogP contribution in [0.3, 0.4) is 0 Å². The van der Waals surface area contributed by atoms with Crippen molar-refractivity contribution in [2.24, 2.45) is 0 Å². The molecule has 2 atom stereocenters. The summed E-state index contributed by atoms with van der Waals surface area (Å²) < 4.78 is 1.36. The first-order valence-corrected chi connectivity index (χ1v) is 11.0. The second-order valence-electron chi connectivity index (χ2n) is 6.67. The fourth-order valence-corrected chi connectivity index (χ4v) is 4.17. The minimum atomic E-state index is -0.775. The Kier molecular flexibility index (Phi) is 7.31. The van der Waals surface area contributed by atoms with Gasteiger partial charge in [-0.2, -0.15) is 0 Å². The number of carbonyl (C=O) groups is 1. The Balaban J connectivity index is 1.93. The third kappa shape index (κ3) is 5.10. The number of amides is 1. The van der Waals surface area contributed by atoms with Crippen LogP contribution in [0.2, 0.25) is 15.1 Å². The summed E-state index contributed by atoms with van der Waals surface area (Å²) in [7, 11) is 0. The number of benzene rings is 2. The molecule has 30 heavy (non-hydrogen) atoms. The highest BCUT2D eigenvalue weighted by Gasteiger charge is 2.21. The summed E-state index contributed by atoms with van der Waals surface area (Å²) in [4.78, 5) is 30.2. The van der Waals surface area contributed by atoms with Gasteiger partial charge in [0, 0.05) is 5.02 Å². The highest BCUT2D eigenvalue weighted by atomic mass is 35.5. The van der Waals surface area contributed by atoms with E-state index in [2.05, 4.69) is 10.3 Å². The van der Waals surface area contributed by atoms with Gasteiger partial charge in [-0.1, -0.05) is 52.6 Å². The lowest BCUT2D eigenvalue weighted by atomic mass is 10.2. The standard InChI is InChI=1S/C20H18Cl3N3O3S/c1-10(27)9-26-19(29)13-7-6-12(21)8-16(13)25-20(26)30-11(2)18(28)24-15-5-3-4-14(22)17(15)23/h3-8,10-11,27H,9H2,1-2H3,(H,24,28)/t10-,11-/m0/s1. The largest absolute Gasteiger partial charge is 0.392 e. The Morgan fingerprint density at radius 3 is 2.67 bits per heavy atom. The molecule has 1 aromatic heterocycles. The van der Waals surface area contributed by atoms with Gasteiger partial charge in [0.15, 0.2) is 5.16 Å². The number of nitrogens with one attached hydrogen (secondary N) is 1. The van der Waals surface area contributed by atoms with E-state index >= 15 is 0 Å². The normalized spacial score (nSPS) is 13.3. The molecule has 0 aliphatic carbocycles. The average molecular weight is 487 g/mol. The van der Waals surface area contributed by atoms with Gasteiger partial charge in [-0.15, -0.1) is 0 Å². The van der Waals surface area contributed by atoms with Gasteiger partial charge >= 0.3 is 0 Å². The number of aliphatic hydroxyl groups excluding tert-OH is 1. The molecule has 10 heteroatoms. The molecule has 158 valence electrons. The lowest BCUT2D eigenvalue weighted by Gasteiger charge is -2.17. The number of halogens is 3. The van der Waals surface area contributed by atoms with E-state index in [9.17, 15) is 14.7 Å². The maximum Gasteiger partial charge on any atom is 0.262 e. The molecule has 0 saturated carbocycles. The molecule has 0 aliphatic heterocycles. The van der Waals surface area contributed by atoms with Crippen molar-refractivity contribution >= 4 is 69.1 Å². The molecule has 2 aromatic carbocycles. The molecular weight excluding hydrogens is 469 g/mol. The highest BCUT2D eigenvalue weighted by Crippen LogP contribution is 2.31. The van der Waals surface area contributed by atoms with E-state index in [0.717, 1.165) is 11.8 Å². The number of aliphatic hydroxyl groups is 1. The van der Waals surface area contributed by atoms with Crippen molar-refractivity contribution in [3.8, 4) is 0 Å². The zero-order valence-electron chi connectivity index (χ0n) is 16.0. The second-order valence-corrected chi connectivity index (χ2v) is 9.20. The SMILES string of the molecule is C[C@H](O)Cn1c(S[C@@H](C)C(=O)Nc2cccc(Cl)c2Cl)nc2cc(Cl)ccc2c1=O. The minimum Gasteiger partial charge on any atom is -0.392 e. The van der Waals surface area contributed by atoms with E-state index in [0.29, 0.717) is 31.8 Å². The van der Waals surface area contributed by atoms with Crippen molar-refractivity contribution in [2.75, 3.05) is 5.32 Å². The zero-order chi connectivity index (χ0) is 22.0. The molecular formula is C20H18Cl3N3O3S. The van der Waals surface area contributed by atoms with Gasteiger partial charge in [0.2, 0.25) is 5.91 Å². The van der Waals surface area contributed by atoms with Crippen LogP contribution in [-0.4, -0.2) is 31.9 Å². The van der Waals surface area contributed by atoms with Crippen molar-refractivity contribution in [3.63, 3.8) is 0 Å². The molecule has 3 rings (SSSR count). The van der Waals surface area contributed by atoms with Gasteiger partial charge in [-0.3, -0.25) is 14.2 Å². The summed E-state index contributed by atoms with van der Waals surface area (Å²) in [6, 6.07) is 9.73. The van der Waals surface area contributed by atoms with E-state index in [1.807, 2.05) is 0 Å². The Labute approximate surface area is 192 Å². The van der Waals surface area contributed by atoms with Crippen LogP contribution in [-0.2, 0) is 11.3 Å². The Morgan fingerprint density at radius 1 is 1.23 bits per heavy atom. The first-order valence-electron chi connectivity index (χ1n) is 8.97. The molecule has 0 aliphatic rings. The van der Waals surface area contributed by atoms with Crippen molar-refractivity contribution in [3.05, 3.63) is 61.8 Å². The van der Waals surface area contributed by atoms with Crippen molar-refractivity contribution in [1.29, 1.82) is 0 Å². The fourth-order valence-electron chi connectivity index (χ4n) is 2.74. The predicted octanol–water partition coefficient (Wildman–Crippen LogP) is 4.86. The number of anilines is 1. The van der Waals surface area contributed by atoms with Gasteiger partial charge in [0.25, 0.3) is 5.56 Å². The number of aromatic nitrogens is 2. The molecule has 6 nitrogen and oxygen atoms in total. The minimum absolute atomic E-state index is 0.0429. The van der Waals surface area contributed by atoms with Crippen molar-refractivity contribution in [2.45, 2.75) is 36.9 Å². The van der Waals surface area contributed by atoms with Crippen LogP contribution in [0.1, 0.15) is 13.8 Å². The maximum absolute atomic E-state index is 12.9. The van der Waals surface area contributed by atoms with E-state index in [1.165, 1.54) is 4.57 Å². The van der Waals surface area contributed by atoms with Gasteiger partial charge < -0.3 is 10.4 Å². The number of rotatable bonds is 6. The molecule has 2 N–H and O–H groups in total. The molecule has 1 heterocycles. The third-order valence-corrected chi connectivity index (χ3v) is 6.33. The Morgan fingerprint density at radius 2 is 1.97 bits per heavy atom. The van der Waals surface area contributed by atoms with Crippen molar-refractivity contribution in [1.82, 2.24) is 9.55 Å². The molecule has 0 fully saturated rings. The lowest BCUT2D eigenvalue weighted by Crippen LogP contribution is -2.29. The predicted molar refractivity (Wildman–Crippen MR) is 123 cm³/mol. The summed E-state index contributed by atoms with van der Waals surface area (Å²) in [5, 5.41) is 13.6. The van der Waals surface area contributed by atoms with E-state index < -0.39 is 11.4 Å². The van der Waals surface area contributed by atoms with Crippen molar-refractivity contribution < 1.29 is 9.90 Å². The summed E-state index contributed by atoms with van der Waals surface area (Å²) >= 11 is 19.3. The lowest BCUT2D eigenvalue weighted by molar-refractivity contribution is -0.115. The van der Waals surface area contributed by atoms with Crippen LogP contribution in [0.4, 0.5) is 5.69 Å². The number of carbonyl (C=O) groups excluding carboxylic acids is 1. The molecule has 1 amide bonds. The number of hydrogen-bond acceptors (Lipinski definition) is 5. The highest BCUT2D eigenvalue weighted by molar-refractivity contribution is 8.00. The Bertz CT molecular complexity index is 1170. The first kappa shape index (κ1) is 22.9. The average Bonchev–Trinajstić information content (AvgIpc) is 2.68. The maximum atomic E-state index is 12.9. The number of nitrogens with zero attached hydrogens (tertiary/aromatic N) is 2. The van der Waals surface area contributed by atoms with Crippen LogP contribution in [0.5, 0.6) is 0 Å².